The molecule has 1 aromatic carbocycles. The number of anilines is 2. The second-order valence-corrected chi connectivity index (χ2v) is 4.94. The van der Waals surface area contributed by atoms with E-state index in [-0.39, 0.29) is 0 Å². The van der Waals surface area contributed by atoms with Crippen LogP contribution in [0.4, 0.5) is 11.4 Å². The third-order valence-electron chi connectivity index (χ3n) is 2.27. The SMILES string of the molecule is CSCCC(C)Nc1cc(C)cc(N)c1. The van der Waals surface area contributed by atoms with Gasteiger partial charge in [0.15, 0.2) is 0 Å². The summed E-state index contributed by atoms with van der Waals surface area (Å²) >= 11 is 1.88. The van der Waals surface area contributed by atoms with Crippen molar-refractivity contribution in [2.75, 3.05) is 23.1 Å². The minimum absolute atomic E-state index is 0.499. The predicted octanol–water partition coefficient (Wildman–Crippen LogP) is 3.13. The standard InChI is InChI=1S/C12H20N2S/c1-9-6-11(13)8-12(7-9)14-10(2)4-5-15-3/h6-8,10,14H,4-5,13H2,1-3H3. The Morgan fingerprint density at radius 2 is 2.13 bits per heavy atom. The lowest BCUT2D eigenvalue weighted by molar-refractivity contribution is 0.772. The van der Waals surface area contributed by atoms with E-state index in [4.69, 9.17) is 5.73 Å². The minimum Gasteiger partial charge on any atom is -0.399 e. The van der Waals surface area contributed by atoms with Crippen molar-refractivity contribution in [3.8, 4) is 0 Å². The van der Waals surface area contributed by atoms with Crippen molar-refractivity contribution in [3.63, 3.8) is 0 Å². The average molecular weight is 224 g/mol. The molecular formula is C12H20N2S. The highest BCUT2D eigenvalue weighted by atomic mass is 32.2. The number of aryl methyl sites for hydroxylation is 1. The van der Waals surface area contributed by atoms with Gasteiger partial charge in [-0.25, -0.2) is 0 Å². The zero-order chi connectivity index (χ0) is 11.3. The zero-order valence-corrected chi connectivity index (χ0v) is 10.5. The van der Waals surface area contributed by atoms with Crippen molar-refractivity contribution < 1.29 is 0 Å². The zero-order valence-electron chi connectivity index (χ0n) is 9.71. The van der Waals surface area contributed by atoms with Crippen molar-refractivity contribution in [2.24, 2.45) is 0 Å². The van der Waals surface area contributed by atoms with Gasteiger partial charge in [0.25, 0.3) is 0 Å². The molecule has 1 unspecified atom stereocenters. The molecule has 3 N–H and O–H groups in total. The lowest BCUT2D eigenvalue weighted by Gasteiger charge is -2.15. The summed E-state index contributed by atoms with van der Waals surface area (Å²) in [5.41, 5.74) is 8.95. The fourth-order valence-electron chi connectivity index (χ4n) is 1.55. The number of hydrogen-bond donors (Lipinski definition) is 2. The molecular weight excluding hydrogens is 204 g/mol. The maximum absolute atomic E-state index is 5.79. The van der Waals surface area contributed by atoms with Crippen LogP contribution < -0.4 is 11.1 Å². The number of nitrogens with two attached hydrogens (primary N) is 1. The molecule has 1 rings (SSSR count). The molecule has 1 aromatic rings. The molecule has 0 aliphatic rings. The maximum Gasteiger partial charge on any atom is 0.0365 e. The summed E-state index contributed by atoms with van der Waals surface area (Å²) in [7, 11) is 0. The van der Waals surface area contributed by atoms with Crippen LogP contribution in [0, 0.1) is 6.92 Å². The smallest absolute Gasteiger partial charge is 0.0365 e. The van der Waals surface area contributed by atoms with Gasteiger partial charge in [-0.15, -0.1) is 0 Å². The van der Waals surface area contributed by atoms with Crippen LogP contribution in [-0.2, 0) is 0 Å². The molecule has 2 nitrogen and oxygen atoms in total. The maximum atomic E-state index is 5.79. The van der Waals surface area contributed by atoms with Gasteiger partial charge in [0, 0.05) is 17.4 Å². The summed E-state index contributed by atoms with van der Waals surface area (Å²) in [6, 6.07) is 6.60. The summed E-state index contributed by atoms with van der Waals surface area (Å²) in [5, 5.41) is 3.46. The monoisotopic (exact) mass is 224 g/mol. The highest BCUT2D eigenvalue weighted by Crippen LogP contribution is 2.17. The lowest BCUT2D eigenvalue weighted by atomic mass is 10.1. The number of rotatable bonds is 5. The van der Waals surface area contributed by atoms with Gasteiger partial charge in [-0.05, 0) is 56.0 Å². The first kappa shape index (κ1) is 12.2. The molecule has 0 bridgehead atoms. The van der Waals surface area contributed by atoms with Crippen LogP contribution in [0.15, 0.2) is 18.2 Å². The number of nitrogens with one attached hydrogen (secondary N) is 1. The molecule has 0 aliphatic heterocycles. The average Bonchev–Trinajstić information content (AvgIpc) is 2.13. The van der Waals surface area contributed by atoms with E-state index in [2.05, 4.69) is 31.5 Å². The van der Waals surface area contributed by atoms with Gasteiger partial charge < -0.3 is 11.1 Å². The normalized spacial score (nSPS) is 12.5. The van der Waals surface area contributed by atoms with Crippen LogP contribution in [0.25, 0.3) is 0 Å². The van der Waals surface area contributed by atoms with Gasteiger partial charge in [0.1, 0.15) is 0 Å². The number of thioether (sulfide) groups is 1. The van der Waals surface area contributed by atoms with Gasteiger partial charge in [0.05, 0.1) is 0 Å². The van der Waals surface area contributed by atoms with Gasteiger partial charge in [-0.1, -0.05) is 0 Å². The Hall–Kier alpha value is -0.830. The summed E-state index contributed by atoms with van der Waals surface area (Å²) in [5.74, 6) is 1.19. The van der Waals surface area contributed by atoms with Crippen molar-refractivity contribution in [1.29, 1.82) is 0 Å². The molecule has 0 amide bonds. The highest BCUT2D eigenvalue weighted by Gasteiger charge is 2.02. The Morgan fingerprint density at radius 3 is 2.73 bits per heavy atom. The van der Waals surface area contributed by atoms with Crippen molar-refractivity contribution >= 4 is 23.1 Å². The highest BCUT2D eigenvalue weighted by molar-refractivity contribution is 7.98. The van der Waals surface area contributed by atoms with E-state index in [1.807, 2.05) is 23.9 Å². The van der Waals surface area contributed by atoms with E-state index >= 15 is 0 Å². The Morgan fingerprint density at radius 1 is 1.40 bits per heavy atom. The Balaban J connectivity index is 2.56. The number of benzene rings is 1. The Kier molecular flexibility index (Phi) is 4.82. The first-order valence-electron chi connectivity index (χ1n) is 5.24. The van der Waals surface area contributed by atoms with Crippen LogP contribution in [0.2, 0.25) is 0 Å². The van der Waals surface area contributed by atoms with E-state index < -0.39 is 0 Å². The Labute approximate surface area is 96.6 Å². The molecule has 0 spiro atoms. The van der Waals surface area contributed by atoms with Crippen LogP contribution in [0.5, 0.6) is 0 Å². The largest absolute Gasteiger partial charge is 0.399 e. The third-order valence-corrected chi connectivity index (χ3v) is 2.91. The van der Waals surface area contributed by atoms with Gasteiger partial charge >= 0.3 is 0 Å². The van der Waals surface area contributed by atoms with Crippen molar-refractivity contribution in [3.05, 3.63) is 23.8 Å². The molecule has 0 heterocycles. The topological polar surface area (TPSA) is 38.0 Å². The summed E-state index contributed by atoms with van der Waals surface area (Å²) in [6.07, 6.45) is 3.31. The van der Waals surface area contributed by atoms with E-state index in [0.717, 1.165) is 11.4 Å². The van der Waals surface area contributed by atoms with Crippen LogP contribution in [0.3, 0.4) is 0 Å². The molecule has 84 valence electrons. The van der Waals surface area contributed by atoms with E-state index in [9.17, 15) is 0 Å². The fraction of sp³-hybridized carbons (Fsp3) is 0.500. The molecule has 0 fully saturated rings. The summed E-state index contributed by atoms with van der Waals surface area (Å²) in [6.45, 7) is 4.27. The van der Waals surface area contributed by atoms with Crippen LogP contribution in [-0.4, -0.2) is 18.1 Å². The van der Waals surface area contributed by atoms with E-state index in [1.165, 1.54) is 17.7 Å². The first-order chi connectivity index (χ1) is 7.11. The van der Waals surface area contributed by atoms with Crippen LogP contribution in [0.1, 0.15) is 18.9 Å². The fourth-order valence-corrected chi connectivity index (χ4v) is 2.14. The van der Waals surface area contributed by atoms with Crippen molar-refractivity contribution in [2.45, 2.75) is 26.3 Å². The Bertz CT molecular complexity index is 292. The molecule has 0 aromatic heterocycles. The van der Waals surface area contributed by atoms with Gasteiger partial charge in [0.2, 0.25) is 0 Å². The minimum atomic E-state index is 0.499. The molecule has 0 aliphatic carbocycles. The second-order valence-electron chi connectivity index (χ2n) is 3.96. The third kappa shape index (κ3) is 4.47. The predicted molar refractivity (Wildman–Crippen MR) is 71.7 cm³/mol. The number of hydrogen-bond acceptors (Lipinski definition) is 3. The van der Waals surface area contributed by atoms with Gasteiger partial charge in [-0.3, -0.25) is 0 Å². The lowest BCUT2D eigenvalue weighted by Crippen LogP contribution is -2.16. The van der Waals surface area contributed by atoms with Crippen LogP contribution >= 0.6 is 11.8 Å². The summed E-state index contributed by atoms with van der Waals surface area (Å²) < 4.78 is 0. The first-order valence-corrected chi connectivity index (χ1v) is 6.64. The summed E-state index contributed by atoms with van der Waals surface area (Å²) in [4.78, 5) is 0. The molecule has 0 saturated heterocycles. The molecule has 3 heteroatoms. The number of nitrogen functional groups attached to an aromatic ring is 1. The molecule has 0 radical (unpaired) electrons. The quantitative estimate of drug-likeness (QED) is 0.755. The molecule has 1 atom stereocenters. The van der Waals surface area contributed by atoms with E-state index in [0.29, 0.717) is 6.04 Å². The van der Waals surface area contributed by atoms with Gasteiger partial charge in [-0.2, -0.15) is 11.8 Å². The second kappa shape index (κ2) is 5.91. The molecule has 0 saturated carbocycles. The molecule has 15 heavy (non-hydrogen) atoms. The van der Waals surface area contributed by atoms with Crippen molar-refractivity contribution in [1.82, 2.24) is 0 Å². The van der Waals surface area contributed by atoms with E-state index in [1.54, 1.807) is 0 Å².